The quantitative estimate of drug-likeness (QED) is 0.789. The topological polar surface area (TPSA) is 53.4 Å². The third kappa shape index (κ3) is 3.27. The Morgan fingerprint density at radius 1 is 1.18 bits per heavy atom. The highest BCUT2D eigenvalue weighted by molar-refractivity contribution is 5.06. The van der Waals surface area contributed by atoms with E-state index in [0.29, 0.717) is 19.3 Å². The normalized spacial score (nSPS) is 21.8. The fourth-order valence-electron chi connectivity index (χ4n) is 2.58. The number of pyridine rings is 1. The molecule has 0 bridgehead atoms. The molecule has 0 spiro atoms. The second-order valence-electron chi connectivity index (χ2n) is 5.06. The Morgan fingerprint density at radius 3 is 2.47 bits per heavy atom. The lowest BCUT2D eigenvalue weighted by Gasteiger charge is -2.32. The zero-order valence-corrected chi connectivity index (χ0v) is 10.2. The van der Waals surface area contributed by atoms with E-state index in [4.69, 9.17) is 0 Å². The van der Waals surface area contributed by atoms with Crippen molar-refractivity contribution >= 4 is 0 Å². The number of hydrogen-bond donors (Lipinski definition) is 2. The summed E-state index contributed by atoms with van der Waals surface area (Å²) in [4.78, 5) is 4.20. The van der Waals surface area contributed by atoms with Gasteiger partial charge in [0.05, 0.1) is 11.7 Å². The molecule has 1 aromatic heterocycles. The Morgan fingerprint density at radius 2 is 1.88 bits per heavy atom. The highest BCUT2D eigenvalue weighted by Gasteiger charge is 2.35. The third-order valence-electron chi connectivity index (χ3n) is 3.72. The second kappa shape index (κ2) is 5.61. The molecule has 3 heteroatoms. The van der Waals surface area contributed by atoms with Crippen molar-refractivity contribution in [1.82, 2.24) is 4.98 Å². The lowest BCUT2D eigenvalue weighted by molar-refractivity contribution is -0.0840. The van der Waals surface area contributed by atoms with Gasteiger partial charge in [0.15, 0.2) is 0 Å². The Balaban J connectivity index is 2.00. The van der Waals surface area contributed by atoms with Crippen molar-refractivity contribution in [2.75, 3.05) is 0 Å². The van der Waals surface area contributed by atoms with Crippen molar-refractivity contribution < 1.29 is 10.2 Å². The molecular formula is C14H21NO2. The van der Waals surface area contributed by atoms with E-state index in [0.717, 1.165) is 18.5 Å². The van der Waals surface area contributed by atoms with Gasteiger partial charge in [0.2, 0.25) is 0 Å². The first-order chi connectivity index (χ1) is 8.21. The van der Waals surface area contributed by atoms with E-state index in [1.165, 1.54) is 12.8 Å². The van der Waals surface area contributed by atoms with E-state index in [-0.39, 0.29) is 0 Å². The van der Waals surface area contributed by atoms with Gasteiger partial charge < -0.3 is 10.2 Å². The zero-order valence-electron chi connectivity index (χ0n) is 10.2. The molecular weight excluding hydrogens is 214 g/mol. The molecule has 0 amide bonds. The highest BCUT2D eigenvalue weighted by Crippen LogP contribution is 2.31. The van der Waals surface area contributed by atoms with Crippen LogP contribution in [0.4, 0.5) is 0 Å². The Hall–Kier alpha value is -0.930. The number of aliphatic hydroxyl groups excluding tert-OH is 1. The average molecular weight is 235 g/mol. The minimum absolute atomic E-state index is 0.442. The van der Waals surface area contributed by atoms with Gasteiger partial charge in [0, 0.05) is 18.3 Å². The first-order valence-electron chi connectivity index (χ1n) is 6.51. The Bertz CT molecular complexity index is 331. The molecule has 1 unspecified atom stereocenters. The van der Waals surface area contributed by atoms with Crippen LogP contribution in [0.15, 0.2) is 24.4 Å². The predicted octanol–water partition coefficient (Wildman–Crippen LogP) is 2.07. The number of rotatable bonds is 3. The summed E-state index contributed by atoms with van der Waals surface area (Å²) in [5, 5.41) is 20.7. The second-order valence-corrected chi connectivity index (χ2v) is 5.06. The molecule has 17 heavy (non-hydrogen) atoms. The summed E-state index contributed by atoms with van der Waals surface area (Å²) in [7, 11) is 0. The van der Waals surface area contributed by atoms with Crippen LogP contribution < -0.4 is 0 Å². The molecule has 1 aromatic rings. The smallest absolute Gasteiger partial charge is 0.0909 e. The molecule has 94 valence electrons. The van der Waals surface area contributed by atoms with E-state index in [2.05, 4.69) is 4.98 Å². The van der Waals surface area contributed by atoms with Gasteiger partial charge in [-0.3, -0.25) is 4.98 Å². The van der Waals surface area contributed by atoms with Gasteiger partial charge in [-0.15, -0.1) is 0 Å². The molecule has 0 saturated heterocycles. The Kier molecular flexibility index (Phi) is 4.13. The molecule has 2 N–H and O–H groups in total. The van der Waals surface area contributed by atoms with Crippen molar-refractivity contribution in [3.8, 4) is 0 Å². The van der Waals surface area contributed by atoms with Crippen molar-refractivity contribution in [2.45, 2.75) is 56.7 Å². The molecule has 2 rings (SSSR count). The third-order valence-corrected chi connectivity index (χ3v) is 3.72. The van der Waals surface area contributed by atoms with Crippen LogP contribution in [0.2, 0.25) is 0 Å². The lowest BCUT2D eigenvalue weighted by Crippen LogP contribution is -2.43. The van der Waals surface area contributed by atoms with Gasteiger partial charge >= 0.3 is 0 Å². The van der Waals surface area contributed by atoms with Crippen LogP contribution in [0.25, 0.3) is 0 Å². The average Bonchev–Trinajstić information content (AvgIpc) is 2.56. The fourth-order valence-corrected chi connectivity index (χ4v) is 2.58. The highest BCUT2D eigenvalue weighted by atomic mass is 16.3. The molecule has 1 aliphatic carbocycles. The molecule has 0 radical (unpaired) electrons. The van der Waals surface area contributed by atoms with Crippen LogP contribution in [-0.2, 0) is 6.42 Å². The van der Waals surface area contributed by atoms with E-state index in [9.17, 15) is 10.2 Å². The summed E-state index contributed by atoms with van der Waals surface area (Å²) in [6, 6.07) is 5.66. The maximum Gasteiger partial charge on any atom is 0.0909 e. The predicted molar refractivity (Wildman–Crippen MR) is 66.6 cm³/mol. The first kappa shape index (κ1) is 12.5. The van der Waals surface area contributed by atoms with E-state index in [1.54, 1.807) is 6.20 Å². The maximum absolute atomic E-state index is 10.5. The molecule has 1 heterocycles. The van der Waals surface area contributed by atoms with Gasteiger partial charge in [-0.25, -0.2) is 0 Å². The monoisotopic (exact) mass is 235 g/mol. The van der Waals surface area contributed by atoms with E-state index < -0.39 is 11.7 Å². The lowest BCUT2D eigenvalue weighted by atomic mass is 9.86. The fraction of sp³-hybridized carbons (Fsp3) is 0.643. The molecule has 1 fully saturated rings. The summed E-state index contributed by atoms with van der Waals surface area (Å²) >= 11 is 0. The standard InChI is InChI=1S/C14H21NO2/c16-13(11-12-7-3-6-10-15-12)14(17)8-4-1-2-5-9-14/h3,6-7,10,13,16-17H,1-2,4-5,8-9,11H2. The minimum atomic E-state index is -0.909. The number of hydrogen-bond acceptors (Lipinski definition) is 3. The molecule has 0 aliphatic heterocycles. The summed E-state index contributed by atoms with van der Waals surface area (Å²) in [5.74, 6) is 0. The van der Waals surface area contributed by atoms with Crippen molar-refractivity contribution in [3.05, 3.63) is 30.1 Å². The van der Waals surface area contributed by atoms with Gasteiger partial charge in [0.1, 0.15) is 0 Å². The SMILES string of the molecule is OC(Cc1ccccn1)C1(O)CCCCCC1. The molecule has 1 saturated carbocycles. The summed E-state index contributed by atoms with van der Waals surface area (Å²) in [5.41, 5.74) is -0.0636. The minimum Gasteiger partial charge on any atom is -0.390 e. The number of aliphatic hydroxyl groups is 2. The number of nitrogens with zero attached hydrogens (tertiary/aromatic N) is 1. The van der Waals surface area contributed by atoms with Crippen LogP contribution in [-0.4, -0.2) is 26.9 Å². The van der Waals surface area contributed by atoms with Crippen molar-refractivity contribution in [3.63, 3.8) is 0 Å². The summed E-state index contributed by atoms with van der Waals surface area (Å²) in [6.07, 6.45) is 7.23. The van der Waals surface area contributed by atoms with Gasteiger partial charge in [-0.05, 0) is 25.0 Å². The van der Waals surface area contributed by atoms with Gasteiger partial charge in [-0.2, -0.15) is 0 Å². The van der Waals surface area contributed by atoms with Crippen molar-refractivity contribution in [1.29, 1.82) is 0 Å². The molecule has 1 aliphatic rings. The largest absolute Gasteiger partial charge is 0.390 e. The van der Waals surface area contributed by atoms with Crippen LogP contribution in [0.3, 0.4) is 0 Å². The van der Waals surface area contributed by atoms with E-state index in [1.807, 2.05) is 18.2 Å². The van der Waals surface area contributed by atoms with Crippen LogP contribution in [0.1, 0.15) is 44.2 Å². The maximum atomic E-state index is 10.5. The van der Waals surface area contributed by atoms with Crippen LogP contribution in [0, 0.1) is 0 Å². The Labute approximate surface area is 103 Å². The molecule has 0 aromatic carbocycles. The van der Waals surface area contributed by atoms with E-state index >= 15 is 0 Å². The first-order valence-corrected chi connectivity index (χ1v) is 6.51. The zero-order chi connectivity index (χ0) is 12.1. The van der Waals surface area contributed by atoms with Gasteiger partial charge in [-0.1, -0.05) is 31.7 Å². The van der Waals surface area contributed by atoms with Crippen molar-refractivity contribution in [2.24, 2.45) is 0 Å². The van der Waals surface area contributed by atoms with Crippen LogP contribution >= 0.6 is 0 Å². The summed E-state index contributed by atoms with van der Waals surface area (Å²) < 4.78 is 0. The summed E-state index contributed by atoms with van der Waals surface area (Å²) in [6.45, 7) is 0. The van der Waals surface area contributed by atoms with Crippen LogP contribution in [0.5, 0.6) is 0 Å². The number of aromatic nitrogens is 1. The molecule has 3 nitrogen and oxygen atoms in total. The molecule has 1 atom stereocenters. The van der Waals surface area contributed by atoms with Gasteiger partial charge in [0.25, 0.3) is 0 Å².